The van der Waals surface area contributed by atoms with Crippen LogP contribution in [-0.4, -0.2) is 9.78 Å². The van der Waals surface area contributed by atoms with E-state index in [-0.39, 0.29) is 6.04 Å². The van der Waals surface area contributed by atoms with E-state index in [0.717, 1.165) is 17.5 Å². The average molecular weight is 266 g/mol. The fourth-order valence-corrected chi connectivity index (χ4v) is 1.91. The van der Waals surface area contributed by atoms with Gasteiger partial charge in [0, 0.05) is 18.8 Å². The van der Waals surface area contributed by atoms with Crippen molar-refractivity contribution in [2.45, 2.75) is 19.4 Å². The van der Waals surface area contributed by atoms with Crippen LogP contribution < -0.4 is 11.3 Å². The normalized spacial score (nSPS) is 12.7. The lowest BCUT2D eigenvalue weighted by Crippen LogP contribution is -2.30. The Morgan fingerprint density at radius 3 is 2.63 bits per heavy atom. The lowest BCUT2D eigenvalue weighted by Gasteiger charge is -2.14. The quantitative estimate of drug-likeness (QED) is 0.655. The molecule has 2 rings (SSSR count). The zero-order valence-electron chi connectivity index (χ0n) is 10.8. The smallest absolute Gasteiger partial charge is 0.129 e. The number of rotatable bonds is 4. The first kappa shape index (κ1) is 13.6. The van der Waals surface area contributed by atoms with Gasteiger partial charge in [-0.15, -0.1) is 0 Å². The summed E-state index contributed by atoms with van der Waals surface area (Å²) < 4.78 is 28.2. The third-order valence-corrected chi connectivity index (χ3v) is 3.13. The number of aryl methyl sites for hydroxylation is 2. The number of nitrogens with one attached hydrogen (secondary N) is 1. The van der Waals surface area contributed by atoms with Crippen molar-refractivity contribution in [1.29, 1.82) is 0 Å². The van der Waals surface area contributed by atoms with Crippen LogP contribution in [0.5, 0.6) is 0 Å². The van der Waals surface area contributed by atoms with Crippen molar-refractivity contribution in [2.75, 3.05) is 0 Å². The third kappa shape index (κ3) is 2.97. The van der Waals surface area contributed by atoms with Crippen LogP contribution in [0.15, 0.2) is 24.3 Å². The van der Waals surface area contributed by atoms with Gasteiger partial charge < -0.3 is 0 Å². The van der Waals surface area contributed by atoms with Crippen LogP contribution in [0.1, 0.15) is 23.0 Å². The largest absolute Gasteiger partial charge is 0.273 e. The van der Waals surface area contributed by atoms with Gasteiger partial charge in [0.1, 0.15) is 11.6 Å². The van der Waals surface area contributed by atoms with Gasteiger partial charge in [0.2, 0.25) is 0 Å². The zero-order chi connectivity index (χ0) is 14.0. The minimum atomic E-state index is -0.591. The molecule has 3 N–H and O–H groups in total. The first-order chi connectivity index (χ1) is 9.01. The Bertz CT molecular complexity index is 561. The standard InChI is InChI=1S/C13H16F2N4/c1-8-5-13(18-19(8)2)12(17-16)6-9-3-4-10(14)7-11(9)15/h3-5,7,12,17H,6,16H2,1-2H3. The fourth-order valence-electron chi connectivity index (χ4n) is 1.91. The second-order valence-corrected chi connectivity index (χ2v) is 4.49. The summed E-state index contributed by atoms with van der Waals surface area (Å²) in [5, 5.41) is 4.30. The van der Waals surface area contributed by atoms with E-state index >= 15 is 0 Å². The molecule has 1 aromatic carbocycles. The predicted molar refractivity (Wildman–Crippen MR) is 68.1 cm³/mol. The molecule has 0 bridgehead atoms. The van der Waals surface area contributed by atoms with Gasteiger partial charge in [0.05, 0.1) is 11.7 Å². The van der Waals surface area contributed by atoms with Crippen molar-refractivity contribution in [2.24, 2.45) is 12.9 Å². The van der Waals surface area contributed by atoms with Crippen molar-refractivity contribution in [3.63, 3.8) is 0 Å². The van der Waals surface area contributed by atoms with Crippen LogP contribution in [0.3, 0.4) is 0 Å². The van der Waals surface area contributed by atoms with E-state index < -0.39 is 11.6 Å². The molecule has 4 nitrogen and oxygen atoms in total. The van der Waals surface area contributed by atoms with Gasteiger partial charge >= 0.3 is 0 Å². The number of halogens is 2. The predicted octanol–water partition coefficient (Wildman–Crippen LogP) is 1.75. The molecule has 0 fully saturated rings. The molecule has 6 heteroatoms. The first-order valence-electron chi connectivity index (χ1n) is 5.92. The number of hydrogen-bond donors (Lipinski definition) is 2. The van der Waals surface area contributed by atoms with Crippen LogP contribution in [0.4, 0.5) is 8.78 Å². The minimum absolute atomic E-state index is 0.305. The first-order valence-corrected chi connectivity index (χ1v) is 5.92. The molecule has 0 spiro atoms. The van der Waals surface area contributed by atoms with Crippen molar-refractivity contribution in [3.05, 3.63) is 52.9 Å². The third-order valence-electron chi connectivity index (χ3n) is 3.13. The van der Waals surface area contributed by atoms with Gasteiger partial charge in [-0.05, 0) is 31.0 Å². The number of aromatic nitrogens is 2. The maximum absolute atomic E-state index is 13.6. The molecule has 2 aromatic rings. The van der Waals surface area contributed by atoms with Gasteiger partial charge in [0.15, 0.2) is 0 Å². The molecule has 1 aromatic heterocycles. The summed E-state index contributed by atoms with van der Waals surface area (Å²) in [6.07, 6.45) is 0.305. The number of nitrogens with two attached hydrogens (primary N) is 1. The van der Waals surface area contributed by atoms with Crippen LogP contribution in [-0.2, 0) is 13.5 Å². The maximum atomic E-state index is 13.6. The van der Waals surface area contributed by atoms with Gasteiger partial charge in [0.25, 0.3) is 0 Å². The second-order valence-electron chi connectivity index (χ2n) is 4.49. The molecular weight excluding hydrogens is 250 g/mol. The molecule has 0 amide bonds. The Morgan fingerprint density at radius 2 is 2.11 bits per heavy atom. The van der Waals surface area contributed by atoms with Gasteiger partial charge in [-0.2, -0.15) is 5.10 Å². The lowest BCUT2D eigenvalue weighted by molar-refractivity contribution is 0.507. The molecule has 0 aliphatic carbocycles. The Labute approximate surface area is 110 Å². The molecule has 0 saturated heterocycles. The topological polar surface area (TPSA) is 55.9 Å². The fraction of sp³-hybridized carbons (Fsp3) is 0.308. The van der Waals surface area contributed by atoms with E-state index in [1.807, 2.05) is 20.0 Å². The van der Waals surface area contributed by atoms with Crippen molar-refractivity contribution in [3.8, 4) is 0 Å². The zero-order valence-corrected chi connectivity index (χ0v) is 10.8. The summed E-state index contributed by atoms with van der Waals surface area (Å²) in [4.78, 5) is 0. The average Bonchev–Trinajstić information content (AvgIpc) is 2.68. The number of hydrazine groups is 1. The Morgan fingerprint density at radius 1 is 1.37 bits per heavy atom. The molecule has 1 atom stereocenters. The summed E-state index contributed by atoms with van der Waals surface area (Å²) in [6.45, 7) is 1.92. The summed E-state index contributed by atoms with van der Waals surface area (Å²) in [5.74, 6) is 4.33. The SMILES string of the molecule is Cc1cc(C(Cc2ccc(F)cc2F)NN)nn1C. The van der Waals surface area contributed by atoms with E-state index in [1.54, 1.807) is 4.68 Å². The number of benzene rings is 1. The molecule has 0 aliphatic heterocycles. The number of nitrogens with zero attached hydrogens (tertiary/aromatic N) is 2. The van der Waals surface area contributed by atoms with Gasteiger partial charge in [-0.1, -0.05) is 6.07 Å². The summed E-state index contributed by atoms with van der Waals surface area (Å²) in [7, 11) is 1.82. The van der Waals surface area contributed by atoms with Crippen LogP contribution in [0.25, 0.3) is 0 Å². The van der Waals surface area contributed by atoms with Crippen LogP contribution in [0, 0.1) is 18.6 Å². The molecule has 0 saturated carbocycles. The number of hydrogen-bond acceptors (Lipinski definition) is 3. The van der Waals surface area contributed by atoms with E-state index in [2.05, 4.69) is 10.5 Å². The molecule has 1 unspecified atom stereocenters. The molecule has 1 heterocycles. The highest BCUT2D eigenvalue weighted by molar-refractivity contribution is 5.22. The second kappa shape index (κ2) is 5.46. The maximum Gasteiger partial charge on any atom is 0.129 e. The highest BCUT2D eigenvalue weighted by Gasteiger charge is 2.17. The highest BCUT2D eigenvalue weighted by atomic mass is 19.1. The Kier molecular flexibility index (Phi) is 3.92. The Hall–Kier alpha value is -1.79. The summed E-state index contributed by atoms with van der Waals surface area (Å²) >= 11 is 0. The van der Waals surface area contributed by atoms with Crippen LogP contribution in [0.2, 0.25) is 0 Å². The van der Waals surface area contributed by atoms with Crippen molar-refractivity contribution >= 4 is 0 Å². The summed E-state index contributed by atoms with van der Waals surface area (Å²) in [5.41, 5.74) is 4.72. The molecule has 0 radical (unpaired) electrons. The van der Waals surface area contributed by atoms with E-state index in [1.165, 1.54) is 12.1 Å². The monoisotopic (exact) mass is 266 g/mol. The van der Waals surface area contributed by atoms with E-state index in [0.29, 0.717) is 12.0 Å². The van der Waals surface area contributed by atoms with E-state index in [4.69, 9.17) is 5.84 Å². The van der Waals surface area contributed by atoms with E-state index in [9.17, 15) is 8.78 Å². The molecule has 19 heavy (non-hydrogen) atoms. The van der Waals surface area contributed by atoms with Gasteiger partial charge in [-0.25, -0.2) is 8.78 Å². The van der Waals surface area contributed by atoms with Crippen molar-refractivity contribution < 1.29 is 8.78 Å². The minimum Gasteiger partial charge on any atom is -0.273 e. The molecular formula is C13H16F2N4. The van der Waals surface area contributed by atoms with Gasteiger partial charge in [-0.3, -0.25) is 16.0 Å². The molecule has 102 valence electrons. The Balaban J connectivity index is 2.23. The highest BCUT2D eigenvalue weighted by Crippen LogP contribution is 2.19. The summed E-state index contributed by atoms with van der Waals surface area (Å²) in [6, 6.07) is 5.08. The lowest BCUT2D eigenvalue weighted by atomic mass is 10.0. The van der Waals surface area contributed by atoms with Crippen molar-refractivity contribution in [1.82, 2.24) is 15.2 Å². The molecule has 0 aliphatic rings. The van der Waals surface area contributed by atoms with Crippen LogP contribution >= 0.6 is 0 Å².